The monoisotopic (exact) mass is 330 g/mol. The summed E-state index contributed by atoms with van der Waals surface area (Å²) in [5, 5.41) is 8.39. The summed E-state index contributed by atoms with van der Waals surface area (Å²) in [6, 6.07) is 21.5. The van der Waals surface area contributed by atoms with Crippen molar-refractivity contribution in [1.82, 2.24) is 10.2 Å². The van der Waals surface area contributed by atoms with Crippen molar-refractivity contribution >= 4 is 23.1 Å². The van der Waals surface area contributed by atoms with Gasteiger partial charge in [-0.15, -0.1) is 10.2 Å². The molecule has 0 fully saturated rings. The van der Waals surface area contributed by atoms with Crippen LogP contribution < -0.4 is 9.80 Å². The van der Waals surface area contributed by atoms with Gasteiger partial charge in [0.2, 0.25) is 0 Å². The molecular formula is C20H18N4O. The zero-order valence-corrected chi connectivity index (χ0v) is 14.0. The number of para-hydroxylation sites is 2. The van der Waals surface area contributed by atoms with Gasteiger partial charge in [-0.2, -0.15) is 0 Å². The van der Waals surface area contributed by atoms with Gasteiger partial charge in [-0.3, -0.25) is 4.79 Å². The summed E-state index contributed by atoms with van der Waals surface area (Å²) in [7, 11) is 1.93. The minimum Gasteiger partial charge on any atom is -0.328 e. The maximum absolute atomic E-state index is 12.8. The van der Waals surface area contributed by atoms with E-state index in [4.69, 9.17) is 0 Å². The van der Waals surface area contributed by atoms with Crippen molar-refractivity contribution in [3.8, 4) is 0 Å². The maximum atomic E-state index is 12.8. The molecule has 0 saturated carbocycles. The third-order valence-corrected chi connectivity index (χ3v) is 4.49. The number of rotatable bonds is 3. The molecule has 0 bridgehead atoms. The van der Waals surface area contributed by atoms with Crippen LogP contribution in [0.25, 0.3) is 0 Å². The minimum absolute atomic E-state index is 0.105. The molecule has 1 aliphatic rings. The molecule has 0 atom stereocenters. The van der Waals surface area contributed by atoms with E-state index in [-0.39, 0.29) is 5.91 Å². The number of fused-ring (bicyclic) bond motifs is 1. The lowest BCUT2D eigenvalue weighted by Gasteiger charge is -2.19. The van der Waals surface area contributed by atoms with Gasteiger partial charge in [0.25, 0.3) is 5.91 Å². The number of anilines is 3. The van der Waals surface area contributed by atoms with E-state index in [1.54, 1.807) is 11.0 Å². The van der Waals surface area contributed by atoms with E-state index in [2.05, 4.69) is 16.3 Å². The summed E-state index contributed by atoms with van der Waals surface area (Å²) < 4.78 is 0. The van der Waals surface area contributed by atoms with Crippen molar-refractivity contribution in [3.63, 3.8) is 0 Å². The van der Waals surface area contributed by atoms with Gasteiger partial charge < -0.3 is 9.80 Å². The first-order valence-electron chi connectivity index (χ1n) is 8.26. The van der Waals surface area contributed by atoms with Crippen LogP contribution in [0, 0.1) is 0 Å². The highest BCUT2D eigenvalue weighted by Gasteiger charge is 2.26. The topological polar surface area (TPSA) is 49.3 Å². The van der Waals surface area contributed by atoms with Gasteiger partial charge in [0.1, 0.15) is 0 Å². The zero-order valence-electron chi connectivity index (χ0n) is 14.0. The van der Waals surface area contributed by atoms with Crippen LogP contribution >= 0.6 is 0 Å². The Labute approximate surface area is 146 Å². The van der Waals surface area contributed by atoms with E-state index in [1.165, 1.54) is 5.56 Å². The van der Waals surface area contributed by atoms with Crippen LogP contribution in [0.2, 0.25) is 0 Å². The van der Waals surface area contributed by atoms with Crippen molar-refractivity contribution in [3.05, 3.63) is 78.0 Å². The quantitative estimate of drug-likeness (QED) is 0.738. The Hall–Kier alpha value is -3.21. The molecule has 4 rings (SSSR count). The zero-order chi connectivity index (χ0) is 17.2. The van der Waals surface area contributed by atoms with Crippen molar-refractivity contribution in [1.29, 1.82) is 0 Å². The smallest absolute Gasteiger partial charge is 0.278 e. The molecule has 25 heavy (non-hydrogen) atoms. The molecular weight excluding hydrogens is 312 g/mol. The lowest BCUT2D eigenvalue weighted by Crippen LogP contribution is -2.30. The first-order chi connectivity index (χ1) is 12.2. The Bertz CT molecular complexity index is 893. The van der Waals surface area contributed by atoms with Crippen LogP contribution in [-0.4, -0.2) is 29.7 Å². The fraction of sp³-hybridized carbons (Fsp3) is 0.150. The first kappa shape index (κ1) is 15.3. The standard InChI is InChI=1S/C20H18N4O/c1-23(16-8-3-2-4-9-16)19-12-11-17(21-22-19)20(25)24-14-13-15-7-5-6-10-18(15)24/h2-12H,13-14H2,1H3. The van der Waals surface area contributed by atoms with Gasteiger partial charge >= 0.3 is 0 Å². The average Bonchev–Trinajstić information content (AvgIpc) is 3.12. The molecule has 124 valence electrons. The summed E-state index contributed by atoms with van der Waals surface area (Å²) in [6.45, 7) is 0.686. The van der Waals surface area contributed by atoms with E-state index in [0.29, 0.717) is 18.1 Å². The number of aromatic nitrogens is 2. The summed E-state index contributed by atoms with van der Waals surface area (Å²) in [4.78, 5) is 16.5. The maximum Gasteiger partial charge on any atom is 0.278 e. The normalized spacial score (nSPS) is 12.8. The number of carbonyl (C=O) groups excluding carboxylic acids is 1. The lowest BCUT2D eigenvalue weighted by molar-refractivity contribution is 0.0983. The summed E-state index contributed by atoms with van der Waals surface area (Å²) in [5.41, 5.74) is 3.55. The van der Waals surface area contributed by atoms with Crippen LogP contribution in [-0.2, 0) is 6.42 Å². The summed E-state index contributed by atoms with van der Waals surface area (Å²) >= 11 is 0. The molecule has 2 aromatic carbocycles. The molecule has 0 aliphatic carbocycles. The molecule has 0 unspecified atom stereocenters. The fourth-order valence-electron chi connectivity index (χ4n) is 3.09. The number of nitrogens with zero attached hydrogens (tertiary/aromatic N) is 4. The Morgan fingerprint density at radius 2 is 1.72 bits per heavy atom. The molecule has 2 heterocycles. The van der Waals surface area contributed by atoms with Crippen LogP contribution in [0.5, 0.6) is 0 Å². The predicted molar refractivity (Wildman–Crippen MR) is 98.4 cm³/mol. The second-order valence-corrected chi connectivity index (χ2v) is 6.01. The third-order valence-electron chi connectivity index (χ3n) is 4.49. The number of amides is 1. The number of hydrogen-bond donors (Lipinski definition) is 0. The lowest BCUT2D eigenvalue weighted by atomic mass is 10.2. The van der Waals surface area contributed by atoms with Crippen molar-refractivity contribution in [2.24, 2.45) is 0 Å². The molecule has 3 aromatic rings. The highest BCUT2D eigenvalue weighted by molar-refractivity contribution is 6.06. The Balaban J connectivity index is 1.56. The Morgan fingerprint density at radius 1 is 0.960 bits per heavy atom. The van der Waals surface area contributed by atoms with E-state index in [0.717, 1.165) is 17.8 Å². The second-order valence-electron chi connectivity index (χ2n) is 6.01. The molecule has 1 aliphatic heterocycles. The summed E-state index contributed by atoms with van der Waals surface area (Å²) in [6.07, 6.45) is 0.879. The average molecular weight is 330 g/mol. The molecule has 1 amide bonds. The van der Waals surface area contributed by atoms with E-state index < -0.39 is 0 Å². The number of carbonyl (C=O) groups is 1. The molecule has 1 aromatic heterocycles. The van der Waals surface area contributed by atoms with Gasteiger partial charge in [-0.05, 0) is 42.3 Å². The van der Waals surface area contributed by atoms with Gasteiger partial charge in [0.05, 0.1) is 0 Å². The SMILES string of the molecule is CN(c1ccccc1)c1ccc(C(=O)N2CCc3ccccc32)nn1. The van der Waals surface area contributed by atoms with Gasteiger partial charge in [-0.1, -0.05) is 36.4 Å². The van der Waals surface area contributed by atoms with E-state index in [9.17, 15) is 4.79 Å². The Morgan fingerprint density at radius 3 is 2.48 bits per heavy atom. The van der Waals surface area contributed by atoms with Crippen LogP contribution in [0.3, 0.4) is 0 Å². The van der Waals surface area contributed by atoms with Crippen molar-refractivity contribution < 1.29 is 4.79 Å². The Kier molecular flexibility index (Phi) is 3.90. The fourth-order valence-corrected chi connectivity index (χ4v) is 3.09. The van der Waals surface area contributed by atoms with E-state index in [1.807, 2.05) is 66.5 Å². The third kappa shape index (κ3) is 2.85. The van der Waals surface area contributed by atoms with Crippen LogP contribution in [0.1, 0.15) is 16.1 Å². The molecule has 0 saturated heterocycles. The first-order valence-corrected chi connectivity index (χ1v) is 8.26. The molecule has 5 nitrogen and oxygen atoms in total. The molecule has 5 heteroatoms. The molecule has 0 spiro atoms. The molecule has 0 radical (unpaired) electrons. The van der Waals surface area contributed by atoms with Crippen molar-refractivity contribution in [2.75, 3.05) is 23.4 Å². The number of hydrogen-bond acceptors (Lipinski definition) is 4. The van der Waals surface area contributed by atoms with Crippen LogP contribution in [0.15, 0.2) is 66.7 Å². The minimum atomic E-state index is -0.105. The largest absolute Gasteiger partial charge is 0.328 e. The highest BCUT2D eigenvalue weighted by Crippen LogP contribution is 2.28. The van der Waals surface area contributed by atoms with Gasteiger partial charge in [0.15, 0.2) is 11.5 Å². The van der Waals surface area contributed by atoms with Gasteiger partial charge in [0, 0.05) is 25.0 Å². The number of benzene rings is 2. The van der Waals surface area contributed by atoms with E-state index >= 15 is 0 Å². The van der Waals surface area contributed by atoms with Crippen molar-refractivity contribution in [2.45, 2.75) is 6.42 Å². The highest BCUT2D eigenvalue weighted by atomic mass is 16.2. The van der Waals surface area contributed by atoms with Gasteiger partial charge in [-0.25, -0.2) is 0 Å². The molecule has 0 N–H and O–H groups in total. The van der Waals surface area contributed by atoms with Crippen LogP contribution in [0.4, 0.5) is 17.2 Å². The second kappa shape index (κ2) is 6.36. The summed E-state index contributed by atoms with van der Waals surface area (Å²) in [5.74, 6) is 0.593. The predicted octanol–water partition coefficient (Wildman–Crippen LogP) is 3.45.